The summed E-state index contributed by atoms with van der Waals surface area (Å²) in [5.74, 6) is -0.152. The Kier molecular flexibility index (Phi) is 2.65. The van der Waals surface area contributed by atoms with Crippen LogP contribution in [0.25, 0.3) is 0 Å². The van der Waals surface area contributed by atoms with Gasteiger partial charge in [-0.2, -0.15) is 0 Å². The lowest BCUT2D eigenvalue weighted by molar-refractivity contribution is -0.121. The summed E-state index contributed by atoms with van der Waals surface area (Å²) in [5, 5.41) is 0. The summed E-state index contributed by atoms with van der Waals surface area (Å²) < 4.78 is 27.2. The van der Waals surface area contributed by atoms with E-state index < -0.39 is 9.84 Å². The average Bonchev–Trinajstić information content (AvgIpc) is 2.74. The maximum Gasteiger partial charge on any atom is 0.151 e. The van der Waals surface area contributed by atoms with Gasteiger partial charge in [-0.1, -0.05) is 0 Å². The molecule has 5 heteroatoms. The van der Waals surface area contributed by atoms with Gasteiger partial charge in [0.1, 0.15) is 5.78 Å². The summed E-state index contributed by atoms with van der Waals surface area (Å²) >= 11 is 0. The predicted molar refractivity (Wildman–Crippen MR) is 54.2 cm³/mol. The summed E-state index contributed by atoms with van der Waals surface area (Å²) in [6, 6.07) is 1.72. The second-order valence-corrected chi connectivity index (χ2v) is 6.10. The second kappa shape index (κ2) is 3.81. The first-order valence-electron chi connectivity index (χ1n) is 4.81. The van der Waals surface area contributed by atoms with Crippen molar-refractivity contribution in [3.8, 4) is 0 Å². The molecule has 2 heterocycles. The van der Waals surface area contributed by atoms with E-state index in [0.29, 0.717) is 6.42 Å². The van der Waals surface area contributed by atoms with Crippen LogP contribution in [0.4, 0.5) is 0 Å². The zero-order chi connectivity index (χ0) is 10.9. The summed E-state index contributed by atoms with van der Waals surface area (Å²) in [5.41, 5.74) is 0.810. The largest absolute Gasteiger partial charge is 0.472 e. The number of carbonyl (C=O) groups excluding carboxylic acids is 1. The molecule has 0 amide bonds. The molecule has 0 aromatic carbocycles. The van der Waals surface area contributed by atoms with E-state index in [1.54, 1.807) is 6.07 Å². The molecule has 4 nitrogen and oxygen atoms in total. The Morgan fingerprint density at radius 3 is 2.87 bits per heavy atom. The molecule has 1 atom stereocenters. The van der Waals surface area contributed by atoms with Crippen LogP contribution < -0.4 is 0 Å². The minimum Gasteiger partial charge on any atom is -0.472 e. The van der Waals surface area contributed by atoms with Gasteiger partial charge in [-0.05, 0) is 18.1 Å². The zero-order valence-corrected chi connectivity index (χ0v) is 9.00. The van der Waals surface area contributed by atoms with Crippen molar-refractivity contribution < 1.29 is 17.6 Å². The number of carbonyl (C=O) groups is 1. The first kappa shape index (κ1) is 10.4. The molecule has 1 aromatic rings. The zero-order valence-electron chi connectivity index (χ0n) is 8.18. The Morgan fingerprint density at radius 1 is 1.53 bits per heavy atom. The van der Waals surface area contributed by atoms with Gasteiger partial charge < -0.3 is 4.42 Å². The highest BCUT2D eigenvalue weighted by Crippen LogP contribution is 2.20. The smallest absolute Gasteiger partial charge is 0.151 e. The summed E-state index contributed by atoms with van der Waals surface area (Å²) in [6.45, 7) is 0. The molecule has 0 radical (unpaired) electrons. The van der Waals surface area contributed by atoms with E-state index in [0.717, 1.165) is 5.56 Å². The van der Waals surface area contributed by atoms with Crippen LogP contribution in [-0.4, -0.2) is 25.7 Å². The number of hydrogen-bond acceptors (Lipinski definition) is 4. The van der Waals surface area contributed by atoms with Gasteiger partial charge in [0.05, 0.1) is 24.0 Å². The van der Waals surface area contributed by atoms with Gasteiger partial charge in [-0.15, -0.1) is 0 Å². The first-order chi connectivity index (χ1) is 7.07. The van der Waals surface area contributed by atoms with Gasteiger partial charge in [0.15, 0.2) is 9.84 Å². The van der Waals surface area contributed by atoms with Gasteiger partial charge >= 0.3 is 0 Å². The number of furan rings is 1. The van der Waals surface area contributed by atoms with E-state index >= 15 is 0 Å². The van der Waals surface area contributed by atoms with E-state index in [1.165, 1.54) is 12.5 Å². The molecular weight excluding hydrogens is 216 g/mol. The maximum absolute atomic E-state index is 11.7. The van der Waals surface area contributed by atoms with E-state index in [9.17, 15) is 13.2 Å². The van der Waals surface area contributed by atoms with Crippen molar-refractivity contribution in [2.45, 2.75) is 12.8 Å². The topological polar surface area (TPSA) is 64.3 Å². The van der Waals surface area contributed by atoms with Crippen molar-refractivity contribution in [2.24, 2.45) is 5.92 Å². The average molecular weight is 228 g/mol. The number of sulfone groups is 1. The fraction of sp³-hybridized carbons (Fsp3) is 0.500. The van der Waals surface area contributed by atoms with Crippen LogP contribution in [0.5, 0.6) is 0 Å². The van der Waals surface area contributed by atoms with Gasteiger partial charge in [0.2, 0.25) is 0 Å². The molecule has 2 rings (SSSR count). The Labute approximate surface area is 88.2 Å². The summed E-state index contributed by atoms with van der Waals surface area (Å²) in [7, 11) is -2.96. The quantitative estimate of drug-likeness (QED) is 0.768. The van der Waals surface area contributed by atoms with Crippen LogP contribution in [0.1, 0.15) is 12.0 Å². The third kappa shape index (κ3) is 2.47. The van der Waals surface area contributed by atoms with Crippen LogP contribution in [0, 0.1) is 5.92 Å². The lowest BCUT2D eigenvalue weighted by Gasteiger charge is -2.04. The SMILES string of the molecule is O=C(Cc1ccoc1)C1CCS(=O)(=O)C1. The molecule has 1 aromatic heterocycles. The van der Waals surface area contributed by atoms with E-state index in [1.807, 2.05) is 0 Å². The van der Waals surface area contributed by atoms with Crippen LogP contribution in [0.2, 0.25) is 0 Å². The number of rotatable bonds is 3. The van der Waals surface area contributed by atoms with Crippen molar-refractivity contribution in [1.82, 2.24) is 0 Å². The third-order valence-corrected chi connectivity index (χ3v) is 4.41. The van der Waals surface area contributed by atoms with Gasteiger partial charge in [0.25, 0.3) is 0 Å². The molecule has 1 aliphatic heterocycles. The molecule has 15 heavy (non-hydrogen) atoms. The molecule has 0 saturated carbocycles. The Hall–Kier alpha value is -1.10. The highest BCUT2D eigenvalue weighted by molar-refractivity contribution is 7.91. The van der Waals surface area contributed by atoms with Crippen LogP contribution >= 0.6 is 0 Å². The molecule has 1 saturated heterocycles. The van der Waals surface area contributed by atoms with Crippen molar-refractivity contribution in [3.05, 3.63) is 24.2 Å². The normalized spacial score (nSPS) is 24.1. The highest BCUT2D eigenvalue weighted by Gasteiger charge is 2.32. The molecule has 0 aliphatic carbocycles. The third-order valence-electron chi connectivity index (χ3n) is 2.65. The standard InChI is InChI=1S/C10H12O4S/c11-10(5-8-1-3-14-6-8)9-2-4-15(12,13)7-9/h1,3,6,9H,2,4-5,7H2. The molecule has 0 spiro atoms. The summed E-state index contributed by atoms with van der Waals surface area (Å²) in [4.78, 5) is 11.7. The molecule has 1 fully saturated rings. The molecule has 0 bridgehead atoms. The van der Waals surface area contributed by atoms with Crippen molar-refractivity contribution >= 4 is 15.6 Å². The van der Waals surface area contributed by atoms with Crippen molar-refractivity contribution in [3.63, 3.8) is 0 Å². The molecule has 1 aliphatic rings. The van der Waals surface area contributed by atoms with Crippen LogP contribution in [0.3, 0.4) is 0 Å². The lowest BCUT2D eigenvalue weighted by Crippen LogP contribution is -2.17. The minimum absolute atomic E-state index is 0.00234. The first-order valence-corrected chi connectivity index (χ1v) is 6.63. The van der Waals surface area contributed by atoms with Gasteiger partial charge in [0, 0.05) is 12.3 Å². The number of ketones is 1. The van der Waals surface area contributed by atoms with Crippen LogP contribution in [0.15, 0.2) is 23.0 Å². The monoisotopic (exact) mass is 228 g/mol. The molecular formula is C10H12O4S. The fourth-order valence-corrected chi connectivity index (χ4v) is 3.56. The Balaban J connectivity index is 1.99. The van der Waals surface area contributed by atoms with Crippen molar-refractivity contribution in [2.75, 3.05) is 11.5 Å². The Morgan fingerprint density at radius 2 is 2.33 bits per heavy atom. The van der Waals surface area contributed by atoms with E-state index in [-0.39, 0.29) is 29.6 Å². The van der Waals surface area contributed by atoms with E-state index in [4.69, 9.17) is 4.42 Å². The highest BCUT2D eigenvalue weighted by atomic mass is 32.2. The van der Waals surface area contributed by atoms with Gasteiger partial charge in [-0.25, -0.2) is 8.42 Å². The lowest BCUT2D eigenvalue weighted by atomic mass is 9.99. The predicted octanol–water partition coefficient (Wildman–Crippen LogP) is 0.826. The van der Waals surface area contributed by atoms with E-state index in [2.05, 4.69) is 0 Å². The molecule has 0 N–H and O–H groups in total. The number of hydrogen-bond donors (Lipinski definition) is 0. The summed E-state index contributed by atoms with van der Waals surface area (Å²) in [6.07, 6.45) is 3.77. The fourth-order valence-electron chi connectivity index (χ4n) is 1.79. The second-order valence-electron chi connectivity index (χ2n) is 3.87. The minimum atomic E-state index is -2.96. The molecule has 1 unspecified atom stereocenters. The van der Waals surface area contributed by atoms with Crippen molar-refractivity contribution in [1.29, 1.82) is 0 Å². The Bertz CT molecular complexity index is 444. The molecule has 82 valence electrons. The van der Waals surface area contributed by atoms with Crippen LogP contribution in [-0.2, 0) is 21.1 Å². The number of Topliss-reactive ketones (excluding diaryl/α,β-unsaturated/α-hetero) is 1. The maximum atomic E-state index is 11.7. The van der Waals surface area contributed by atoms with Gasteiger partial charge in [-0.3, -0.25) is 4.79 Å².